The smallest absolute Gasteiger partial charge is 0.340 e. The molecular formula is C53H49F2N3O15S2. The van der Waals surface area contributed by atoms with Gasteiger partial charge >= 0.3 is 11.9 Å². The van der Waals surface area contributed by atoms with Gasteiger partial charge in [-0.15, -0.1) is 0 Å². The Labute approximate surface area is 429 Å². The zero-order valence-corrected chi connectivity index (χ0v) is 42.8. The molecule has 0 aliphatic heterocycles. The minimum Gasteiger partial charge on any atom is -0.478 e. The molecule has 2 aromatic heterocycles. The lowest BCUT2D eigenvalue weighted by Crippen LogP contribution is -2.25. The maximum Gasteiger partial charge on any atom is 0.340 e. The summed E-state index contributed by atoms with van der Waals surface area (Å²) in [6, 6.07) is 29.2. The highest BCUT2D eigenvalue weighted by molar-refractivity contribution is 7.92. The van der Waals surface area contributed by atoms with Crippen molar-refractivity contribution in [1.29, 1.82) is 0 Å². The molecule has 22 heteroatoms. The van der Waals surface area contributed by atoms with Crippen molar-refractivity contribution in [2.75, 3.05) is 69.8 Å². The van der Waals surface area contributed by atoms with Crippen LogP contribution >= 0.6 is 0 Å². The van der Waals surface area contributed by atoms with Crippen molar-refractivity contribution >= 4 is 76.9 Å². The standard InChI is InChI=1S/C28H26FNO7S.C24H18FNO7S.CH5NO/c1-30(38(4,33)34)23-14-26-22(13-21(23)18-6-5-7-19(12-18)24(31)15-35-2)27(25(32)16-36-3)28(37-26)17-8-10-20(29)11-9-17;1-26(34(2,31)32)19-12-20-18(11-17(19)14-4-3-5-15(10-14)23(27)28)21(24(29)30)22(33-20)13-6-8-16(25)9-7-13;1-3-2/h5-14H,15-16H2,1-4H3;3-12H,1-2H3,(H,27,28)(H,29,30);2H2,1H3. The van der Waals surface area contributed by atoms with Gasteiger partial charge < -0.3 is 33.4 Å². The van der Waals surface area contributed by atoms with Crippen LogP contribution in [0, 0.1) is 11.6 Å². The number of hydrogen-bond donors (Lipinski definition) is 3. The molecule has 392 valence electrons. The second kappa shape index (κ2) is 23.4. The molecule has 0 amide bonds. The van der Waals surface area contributed by atoms with Crippen LogP contribution in [0.2, 0.25) is 0 Å². The number of benzene rings is 6. The number of hydrogen-bond acceptors (Lipinski definition) is 14. The number of sulfonamides is 2. The van der Waals surface area contributed by atoms with Gasteiger partial charge in [0.25, 0.3) is 0 Å². The number of halogens is 2. The quantitative estimate of drug-likeness (QED) is 0.0601. The first-order valence-corrected chi connectivity index (χ1v) is 25.7. The van der Waals surface area contributed by atoms with Crippen molar-refractivity contribution in [3.8, 4) is 44.9 Å². The molecule has 0 radical (unpaired) electrons. The molecule has 0 saturated heterocycles. The van der Waals surface area contributed by atoms with Crippen LogP contribution in [0.1, 0.15) is 41.4 Å². The number of carbonyl (C=O) groups excluding carboxylic acids is 2. The molecule has 8 rings (SSSR count). The van der Waals surface area contributed by atoms with Crippen LogP contribution in [0.25, 0.3) is 66.8 Å². The van der Waals surface area contributed by atoms with Crippen LogP contribution in [0.5, 0.6) is 0 Å². The number of carboxylic acid groups (broad SMARTS) is 2. The van der Waals surface area contributed by atoms with E-state index in [0.29, 0.717) is 38.8 Å². The molecule has 0 bridgehead atoms. The zero-order valence-electron chi connectivity index (χ0n) is 41.2. The van der Waals surface area contributed by atoms with Crippen LogP contribution < -0.4 is 14.5 Å². The van der Waals surface area contributed by atoms with Gasteiger partial charge in [-0.3, -0.25) is 18.2 Å². The number of aromatic carboxylic acids is 2. The average Bonchev–Trinajstić information content (AvgIpc) is 3.94. The first kappa shape index (κ1) is 56.2. The summed E-state index contributed by atoms with van der Waals surface area (Å²) in [5.74, 6) is 0.493. The van der Waals surface area contributed by atoms with E-state index in [1.54, 1.807) is 36.4 Å². The highest BCUT2D eigenvalue weighted by Crippen LogP contribution is 2.43. The van der Waals surface area contributed by atoms with Gasteiger partial charge in [-0.1, -0.05) is 30.3 Å². The van der Waals surface area contributed by atoms with Gasteiger partial charge in [-0.25, -0.2) is 41.1 Å². The monoisotopic (exact) mass is 1070 g/mol. The third-order valence-corrected chi connectivity index (χ3v) is 13.8. The number of Topliss-reactive ketones (excluding diaryl/α,β-unsaturated/α-hetero) is 2. The fraction of sp³-hybridized carbons (Fsp3) is 0.170. The number of nitrogens with zero attached hydrogens (tertiary/aromatic N) is 2. The van der Waals surface area contributed by atoms with E-state index in [4.69, 9.17) is 18.3 Å². The van der Waals surface area contributed by atoms with E-state index in [-0.39, 0.29) is 86.5 Å². The van der Waals surface area contributed by atoms with Crippen LogP contribution in [0.15, 0.2) is 130 Å². The normalized spacial score (nSPS) is 11.3. The number of carboxylic acids is 2. The molecule has 0 aliphatic carbocycles. The zero-order chi connectivity index (χ0) is 55.1. The molecule has 6 aromatic carbocycles. The van der Waals surface area contributed by atoms with E-state index in [9.17, 15) is 55.0 Å². The number of nitrogens with two attached hydrogens (primary N) is 1. The fourth-order valence-corrected chi connectivity index (χ4v) is 8.82. The summed E-state index contributed by atoms with van der Waals surface area (Å²) in [5, 5.41) is 19.9. The van der Waals surface area contributed by atoms with E-state index < -0.39 is 43.6 Å². The third kappa shape index (κ3) is 12.6. The number of carbonyl (C=O) groups is 4. The first-order valence-electron chi connectivity index (χ1n) is 22.0. The number of ketones is 2. The van der Waals surface area contributed by atoms with Crippen molar-refractivity contribution in [3.63, 3.8) is 0 Å². The topological polar surface area (TPSA) is 263 Å². The summed E-state index contributed by atoms with van der Waals surface area (Å²) in [7, 11) is -0.496. The summed E-state index contributed by atoms with van der Waals surface area (Å²) in [6.07, 6.45) is 2.07. The van der Waals surface area contributed by atoms with Crippen LogP contribution in [-0.2, 0) is 34.4 Å². The second-order valence-electron chi connectivity index (χ2n) is 16.5. The Hall–Kier alpha value is -8.12. The van der Waals surface area contributed by atoms with E-state index >= 15 is 0 Å². The lowest BCUT2D eigenvalue weighted by atomic mass is 9.96. The molecule has 18 nitrogen and oxygen atoms in total. The minimum absolute atomic E-state index is 0.0214. The van der Waals surface area contributed by atoms with Crippen LogP contribution in [0.4, 0.5) is 20.2 Å². The van der Waals surface area contributed by atoms with E-state index in [0.717, 1.165) is 21.1 Å². The lowest BCUT2D eigenvalue weighted by Gasteiger charge is -2.21. The number of ether oxygens (including phenoxy) is 2. The molecule has 0 atom stereocenters. The molecular weight excluding hydrogens is 1020 g/mol. The predicted octanol–water partition coefficient (Wildman–Crippen LogP) is 9.16. The SMILES string of the molecule is CN(c1cc2oc(-c3ccc(F)cc3)c(C(=O)O)c2cc1-c1cccc(C(=O)O)c1)S(C)(=O)=O.COCC(=O)c1cccc(-c2cc3c(C(=O)COC)c(-c4ccc(F)cc4)oc3cc2N(C)S(C)(=O)=O)c1.CON. The molecule has 75 heavy (non-hydrogen) atoms. The van der Waals surface area contributed by atoms with E-state index in [2.05, 4.69) is 10.7 Å². The van der Waals surface area contributed by atoms with Crippen molar-refractivity contribution in [2.24, 2.45) is 5.90 Å². The van der Waals surface area contributed by atoms with Gasteiger partial charge in [-0.05, 0) is 90.0 Å². The molecule has 0 fully saturated rings. The maximum atomic E-state index is 13.6. The number of anilines is 2. The summed E-state index contributed by atoms with van der Waals surface area (Å²) >= 11 is 0. The summed E-state index contributed by atoms with van der Waals surface area (Å²) < 4.78 is 101. The Kier molecular flexibility index (Phi) is 17.5. The highest BCUT2D eigenvalue weighted by Gasteiger charge is 2.28. The largest absolute Gasteiger partial charge is 0.478 e. The fourth-order valence-electron chi connectivity index (χ4n) is 7.80. The van der Waals surface area contributed by atoms with Gasteiger partial charge in [0, 0.05) is 79.0 Å². The lowest BCUT2D eigenvalue weighted by molar-refractivity contribution is 0.0687. The number of fused-ring (bicyclic) bond motifs is 2. The molecule has 0 saturated carbocycles. The van der Waals surface area contributed by atoms with Crippen LogP contribution in [0.3, 0.4) is 0 Å². The molecule has 0 spiro atoms. The van der Waals surface area contributed by atoms with Gasteiger partial charge in [0.1, 0.15) is 53.1 Å². The van der Waals surface area contributed by atoms with Crippen molar-refractivity contribution in [2.45, 2.75) is 0 Å². The van der Waals surface area contributed by atoms with Gasteiger partial charge in [0.05, 0.1) is 42.1 Å². The first-order chi connectivity index (χ1) is 35.4. The van der Waals surface area contributed by atoms with Gasteiger partial charge in [0.2, 0.25) is 20.0 Å². The predicted molar refractivity (Wildman–Crippen MR) is 278 cm³/mol. The Morgan fingerprint density at radius 2 is 0.933 bits per heavy atom. The van der Waals surface area contributed by atoms with Crippen molar-refractivity contribution in [3.05, 3.63) is 155 Å². The molecule has 2 heterocycles. The van der Waals surface area contributed by atoms with Crippen molar-refractivity contribution in [1.82, 2.24) is 0 Å². The van der Waals surface area contributed by atoms with Gasteiger partial charge in [-0.2, -0.15) is 0 Å². The van der Waals surface area contributed by atoms with E-state index in [1.807, 2.05) is 0 Å². The Balaban J connectivity index is 0.000000233. The number of rotatable bonds is 16. The molecule has 4 N–H and O–H groups in total. The van der Waals surface area contributed by atoms with E-state index in [1.165, 1.54) is 120 Å². The number of furan rings is 2. The number of methoxy groups -OCH3 is 2. The summed E-state index contributed by atoms with van der Waals surface area (Å²) in [4.78, 5) is 53.1. The second-order valence-corrected chi connectivity index (χ2v) is 20.6. The molecule has 0 unspecified atom stereocenters. The summed E-state index contributed by atoms with van der Waals surface area (Å²) in [5.41, 5.74) is 3.63. The Morgan fingerprint density at radius 1 is 0.547 bits per heavy atom. The minimum atomic E-state index is -3.74. The average molecular weight is 1070 g/mol. The summed E-state index contributed by atoms with van der Waals surface area (Å²) in [6.45, 7) is -0.346. The third-order valence-electron chi connectivity index (χ3n) is 11.5. The molecule has 0 aliphatic rings. The maximum absolute atomic E-state index is 13.6. The highest BCUT2D eigenvalue weighted by atomic mass is 32.2. The van der Waals surface area contributed by atoms with Gasteiger partial charge in [0.15, 0.2) is 11.6 Å². The van der Waals surface area contributed by atoms with Crippen LogP contribution in [-0.4, -0.2) is 112 Å². The Bertz CT molecular complexity index is 3690. The Morgan fingerprint density at radius 3 is 1.33 bits per heavy atom. The van der Waals surface area contributed by atoms with Crippen molar-refractivity contribution < 1.29 is 78.2 Å². The molecule has 8 aromatic rings.